The van der Waals surface area contributed by atoms with Crippen LogP contribution < -0.4 is 10.6 Å². The molecule has 2 aromatic heterocycles. The molecule has 0 aliphatic carbocycles. The number of aromatic nitrogens is 2. The molecule has 0 atom stereocenters. The Morgan fingerprint density at radius 1 is 1.39 bits per heavy atom. The molecule has 0 fully saturated rings. The van der Waals surface area contributed by atoms with Crippen molar-refractivity contribution in [2.24, 2.45) is 0 Å². The van der Waals surface area contributed by atoms with Gasteiger partial charge in [-0.2, -0.15) is 4.98 Å². The van der Waals surface area contributed by atoms with E-state index in [9.17, 15) is 4.39 Å². The van der Waals surface area contributed by atoms with Crippen LogP contribution in [0.5, 0.6) is 0 Å². The van der Waals surface area contributed by atoms with Gasteiger partial charge in [0, 0.05) is 11.4 Å². The third-order valence-corrected chi connectivity index (χ3v) is 3.49. The summed E-state index contributed by atoms with van der Waals surface area (Å²) >= 11 is 1.65. The van der Waals surface area contributed by atoms with E-state index in [1.807, 2.05) is 25.3 Å². The molecule has 4 nitrogen and oxygen atoms in total. The Morgan fingerprint density at radius 3 is 2.89 bits per heavy atom. The molecule has 0 bridgehead atoms. The molecule has 0 saturated carbocycles. The Hall–Kier alpha value is -1.69. The third kappa shape index (κ3) is 2.95. The van der Waals surface area contributed by atoms with Crippen molar-refractivity contribution in [2.75, 3.05) is 17.2 Å². The third-order valence-electron chi connectivity index (χ3n) is 2.46. The molecule has 6 heteroatoms. The first kappa shape index (κ1) is 12.8. The molecule has 2 N–H and O–H groups in total. The van der Waals surface area contributed by atoms with E-state index in [0.29, 0.717) is 19.0 Å². The zero-order valence-electron chi connectivity index (χ0n) is 10.3. The van der Waals surface area contributed by atoms with Gasteiger partial charge >= 0.3 is 0 Å². The van der Waals surface area contributed by atoms with Crippen LogP contribution in [0.15, 0.2) is 17.6 Å². The Bertz CT molecular complexity index is 527. The summed E-state index contributed by atoms with van der Waals surface area (Å²) in [5, 5.41) is 7.97. The van der Waals surface area contributed by atoms with E-state index in [1.54, 1.807) is 11.3 Å². The lowest BCUT2D eigenvalue weighted by Gasteiger charge is -2.08. The number of aryl methyl sites for hydroxylation is 1. The van der Waals surface area contributed by atoms with E-state index in [2.05, 4.69) is 20.6 Å². The highest BCUT2D eigenvalue weighted by atomic mass is 32.1. The van der Waals surface area contributed by atoms with E-state index in [0.717, 1.165) is 0 Å². The van der Waals surface area contributed by atoms with E-state index in [-0.39, 0.29) is 5.82 Å². The van der Waals surface area contributed by atoms with Crippen molar-refractivity contribution in [3.05, 3.63) is 33.9 Å². The molecule has 0 unspecified atom stereocenters. The van der Waals surface area contributed by atoms with Gasteiger partial charge < -0.3 is 10.6 Å². The lowest BCUT2D eigenvalue weighted by Crippen LogP contribution is -2.08. The minimum atomic E-state index is -0.439. The Balaban J connectivity index is 2.08. The number of halogens is 1. The predicted molar refractivity (Wildman–Crippen MR) is 72.5 cm³/mol. The molecule has 2 rings (SSSR count). The molecule has 0 saturated heterocycles. The largest absolute Gasteiger partial charge is 0.363 e. The molecule has 0 aromatic carbocycles. The molecule has 18 heavy (non-hydrogen) atoms. The number of anilines is 2. The number of thiophene rings is 1. The van der Waals surface area contributed by atoms with Crippen LogP contribution in [0.25, 0.3) is 0 Å². The molecule has 0 aliphatic rings. The van der Waals surface area contributed by atoms with Crippen LogP contribution in [0.4, 0.5) is 16.2 Å². The van der Waals surface area contributed by atoms with Crippen molar-refractivity contribution in [1.29, 1.82) is 0 Å². The van der Waals surface area contributed by atoms with E-state index >= 15 is 0 Å². The summed E-state index contributed by atoms with van der Waals surface area (Å²) in [6, 6.07) is 2.04. The number of nitrogens with one attached hydrogen (secondary N) is 2. The molecule has 0 spiro atoms. The lowest BCUT2D eigenvalue weighted by molar-refractivity contribution is 0.617. The van der Waals surface area contributed by atoms with Crippen LogP contribution in [-0.2, 0) is 6.54 Å². The number of nitrogens with zero attached hydrogens (tertiary/aromatic N) is 2. The average molecular weight is 266 g/mol. The summed E-state index contributed by atoms with van der Waals surface area (Å²) in [5.41, 5.74) is 1.20. The van der Waals surface area contributed by atoms with Crippen LogP contribution in [0.3, 0.4) is 0 Å². The second-order valence-electron chi connectivity index (χ2n) is 3.80. The van der Waals surface area contributed by atoms with Gasteiger partial charge in [0.2, 0.25) is 5.95 Å². The first-order chi connectivity index (χ1) is 8.70. The Morgan fingerprint density at radius 2 is 2.22 bits per heavy atom. The SMILES string of the molecule is CCNc1ncc(F)c(NCc2sccc2C)n1. The normalized spacial score (nSPS) is 10.4. The lowest BCUT2D eigenvalue weighted by atomic mass is 10.3. The van der Waals surface area contributed by atoms with E-state index < -0.39 is 5.82 Å². The molecule has 2 aromatic rings. The summed E-state index contributed by atoms with van der Waals surface area (Å²) < 4.78 is 13.5. The van der Waals surface area contributed by atoms with Crippen molar-refractivity contribution < 1.29 is 4.39 Å². The second kappa shape index (κ2) is 5.77. The van der Waals surface area contributed by atoms with Gasteiger partial charge in [0.05, 0.1) is 12.7 Å². The van der Waals surface area contributed by atoms with Crippen molar-refractivity contribution in [3.8, 4) is 0 Å². The van der Waals surface area contributed by atoms with Gasteiger partial charge in [-0.3, -0.25) is 0 Å². The van der Waals surface area contributed by atoms with Gasteiger partial charge in [-0.1, -0.05) is 0 Å². The molecule has 2 heterocycles. The van der Waals surface area contributed by atoms with Crippen LogP contribution in [0, 0.1) is 12.7 Å². The maximum Gasteiger partial charge on any atom is 0.224 e. The summed E-state index contributed by atoms with van der Waals surface area (Å²) in [6.45, 7) is 5.25. The fraction of sp³-hybridized carbons (Fsp3) is 0.333. The molecule has 0 amide bonds. The summed E-state index contributed by atoms with van der Waals surface area (Å²) in [4.78, 5) is 9.12. The fourth-order valence-electron chi connectivity index (χ4n) is 1.48. The Kier molecular flexibility index (Phi) is 4.09. The zero-order valence-corrected chi connectivity index (χ0v) is 11.1. The first-order valence-corrected chi connectivity index (χ1v) is 6.62. The molecular weight excluding hydrogens is 251 g/mol. The van der Waals surface area contributed by atoms with Crippen molar-refractivity contribution in [3.63, 3.8) is 0 Å². The van der Waals surface area contributed by atoms with E-state index in [1.165, 1.54) is 16.6 Å². The maximum atomic E-state index is 13.5. The topological polar surface area (TPSA) is 49.8 Å². The maximum absolute atomic E-state index is 13.5. The summed E-state index contributed by atoms with van der Waals surface area (Å²) in [5.74, 6) is 0.226. The molecule has 96 valence electrons. The van der Waals surface area contributed by atoms with Gasteiger partial charge in [-0.15, -0.1) is 11.3 Å². The minimum Gasteiger partial charge on any atom is -0.363 e. The standard InChI is InChI=1S/C12H15FN4S/c1-3-14-12-16-6-9(13)11(17-12)15-7-10-8(2)4-5-18-10/h4-6H,3,7H2,1-2H3,(H2,14,15,16,17). The highest BCUT2D eigenvalue weighted by Gasteiger charge is 2.07. The fourth-order valence-corrected chi connectivity index (χ4v) is 2.33. The number of hydrogen-bond acceptors (Lipinski definition) is 5. The Labute approximate surface area is 109 Å². The van der Waals surface area contributed by atoms with Crippen LogP contribution in [0.1, 0.15) is 17.4 Å². The van der Waals surface area contributed by atoms with Gasteiger partial charge in [-0.25, -0.2) is 9.37 Å². The predicted octanol–water partition coefficient (Wildman–Crippen LogP) is 3.03. The van der Waals surface area contributed by atoms with E-state index in [4.69, 9.17) is 0 Å². The van der Waals surface area contributed by atoms with Crippen LogP contribution in [0.2, 0.25) is 0 Å². The summed E-state index contributed by atoms with van der Waals surface area (Å²) in [6.07, 6.45) is 1.18. The summed E-state index contributed by atoms with van der Waals surface area (Å²) in [7, 11) is 0. The van der Waals surface area contributed by atoms with Gasteiger partial charge in [0.1, 0.15) is 0 Å². The molecule has 0 radical (unpaired) electrons. The van der Waals surface area contributed by atoms with Crippen LogP contribution in [-0.4, -0.2) is 16.5 Å². The number of rotatable bonds is 5. The minimum absolute atomic E-state index is 0.230. The van der Waals surface area contributed by atoms with Crippen molar-refractivity contribution in [1.82, 2.24) is 9.97 Å². The van der Waals surface area contributed by atoms with Gasteiger partial charge in [-0.05, 0) is 30.9 Å². The van der Waals surface area contributed by atoms with Crippen molar-refractivity contribution in [2.45, 2.75) is 20.4 Å². The quantitative estimate of drug-likeness (QED) is 0.873. The molecular formula is C12H15FN4S. The second-order valence-corrected chi connectivity index (χ2v) is 4.80. The van der Waals surface area contributed by atoms with Crippen molar-refractivity contribution >= 4 is 23.1 Å². The average Bonchev–Trinajstić information content (AvgIpc) is 2.76. The highest BCUT2D eigenvalue weighted by Crippen LogP contribution is 2.18. The molecule has 0 aliphatic heterocycles. The van der Waals surface area contributed by atoms with Crippen LogP contribution >= 0.6 is 11.3 Å². The smallest absolute Gasteiger partial charge is 0.224 e. The monoisotopic (exact) mass is 266 g/mol. The highest BCUT2D eigenvalue weighted by molar-refractivity contribution is 7.10. The number of hydrogen-bond donors (Lipinski definition) is 2. The van der Waals surface area contributed by atoms with Gasteiger partial charge in [0.15, 0.2) is 11.6 Å². The first-order valence-electron chi connectivity index (χ1n) is 5.74. The zero-order chi connectivity index (χ0) is 13.0. The van der Waals surface area contributed by atoms with Gasteiger partial charge in [0.25, 0.3) is 0 Å².